The van der Waals surface area contributed by atoms with Crippen molar-refractivity contribution in [3.8, 4) is 0 Å². The van der Waals surface area contributed by atoms with Crippen molar-refractivity contribution < 1.29 is 13.2 Å². The molecule has 7 nitrogen and oxygen atoms in total. The van der Waals surface area contributed by atoms with E-state index < -0.39 is 12.0 Å². The smallest absolute Gasteiger partial charge is 0.362 e. The SMILES string of the molecule is CCC(Nc1ccc2nnc(C(F)(F)F)n2n1)c1c(C)nn(C)c1C. The zero-order chi connectivity index (χ0) is 18.4. The summed E-state index contributed by atoms with van der Waals surface area (Å²) in [6.07, 6.45) is -3.90. The lowest BCUT2D eigenvalue weighted by molar-refractivity contribution is -0.146. The summed E-state index contributed by atoms with van der Waals surface area (Å²) in [5, 5.41) is 18.3. The molecule has 0 spiro atoms. The van der Waals surface area contributed by atoms with E-state index in [4.69, 9.17) is 0 Å². The molecule has 1 atom stereocenters. The van der Waals surface area contributed by atoms with Gasteiger partial charge in [0.2, 0.25) is 0 Å². The van der Waals surface area contributed by atoms with Crippen LogP contribution in [0, 0.1) is 13.8 Å². The van der Waals surface area contributed by atoms with Crippen LogP contribution in [0.1, 0.15) is 42.2 Å². The Morgan fingerprint density at radius 1 is 1.16 bits per heavy atom. The van der Waals surface area contributed by atoms with Crippen LogP contribution in [0.25, 0.3) is 5.65 Å². The first kappa shape index (κ1) is 17.2. The van der Waals surface area contributed by atoms with Gasteiger partial charge >= 0.3 is 6.18 Å². The van der Waals surface area contributed by atoms with E-state index in [0.29, 0.717) is 10.3 Å². The van der Waals surface area contributed by atoms with Crippen LogP contribution in [0.4, 0.5) is 19.0 Å². The predicted octanol–water partition coefficient (Wildman–Crippen LogP) is 3.06. The molecule has 0 bridgehead atoms. The average molecular weight is 353 g/mol. The third-order valence-electron chi connectivity index (χ3n) is 4.16. The first-order chi connectivity index (χ1) is 11.7. The first-order valence-electron chi connectivity index (χ1n) is 7.78. The van der Waals surface area contributed by atoms with Gasteiger partial charge in [-0.3, -0.25) is 4.68 Å². The number of nitrogens with zero attached hydrogens (tertiary/aromatic N) is 6. The van der Waals surface area contributed by atoms with Crippen molar-refractivity contribution in [2.24, 2.45) is 7.05 Å². The van der Waals surface area contributed by atoms with Crippen molar-refractivity contribution in [3.05, 3.63) is 34.9 Å². The van der Waals surface area contributed by atoms with Crippen LogP contribution in [-0.4, -0.2) is 29.6 Å². The van der Waals surface area contributed by atoms with Crippen LogP contribution in [0.2, 0.25) is 0 Å². The highest BCUT2D eigenvalue weighted by Crippen LogP contribution is 2.29. The third kappa shape index (κ3) is 3.03. The molecule has 25 heavy (non-hydrogen) atoms. The highest BCUT2D eigenvalue weighted by atomic mass is 19.4. The lowest BCUT2D eigenvalue weighted by Gasteiger charge is -2.18. The molecule has 0 aliphatic rings. The second-order valence-electron chi connectivity index (χ2n) is 5.82. The molecular weight excluding hydrogens is 335 g/mol. The zero-order valence-corrected chi connectivity index (χ0v) is 14.3. The van der Waals surface area contributed by atoms with E-state index in [2.05, 4.69) is 25.7 Å². The minimum Gasteiger partial charge on any atom is -0.362 e. The summed E-state index contributed by atoms with van der Waals surface area (Å²) >= 11 is 0. The quantitative estimate of drug-likeness (QED) is 0.780. The van der Waals surface area contributed by atoms with Crippen LogP contribution in [0.3, 0.4) is 0 Å². The number of aryl methyl sites for hydroxylation is 2. The molecule has 10 heteroatoms. The van der Waals surface area contributed by atoms with Crippen LogP contribution < -0.4 is 5.32 Å². The van der Waals surface area contributed by atoms with E-state index in [1.54, 1.807) is 10.7 Å². The van der Waals surface area contributed by atoms with Gasteiger partial charge in [-0.05, 0) is 32.4 Å². The molecule has 0 saturated carbocycles. The largest absolute Gasteiger partial charge is 0.453 e. The topological polar surface area (TPSA) is 72.9 Å². The molecule has 0 aromatic carbocycles. The van der Waals surface area contributed by atoms with E-state index in [0.717, 1.165) is 23.4 Å². The molecule has 0 saturated heterocycles. The fraction of sp³-hybridized carbons (Fsp3) is 0.467. The average Bonchev–Trinajstić information content (AvgIpc) is 3.06. The fourth-order valence-electron chi connectivity index (χ4n) is 2.89. The summed E-state index contributed by atoms with van der Waals surface area (Å²) in [5.41, 5.74) is 2.94. The van der Waals surface area contributed by atoms with E-state index >= 15 is 0 Å². The van der Waals surface area contributed by atoms with Gasteiger partial charge in [-0.15, -0.1) is 15.3 Å². The molecule has 0 amide bonds. The third-order valence-corrected chi connectivity index (χ3v) is 4.16. The number of hydrogen-bond donors (Lipinski definition) is 1. The van der Waals surface area contributed by atoms with Crippen LogP contribution in [-0.2, 0) is 13.2 Å². The highest BCUT2D eigenvalue weighted by molar-refractivity contribution is 5.46. The van der Waals surface area contributed by atoms with Gasteiger partial charge in [0, 0.05) is 18.3 Å². The Morgan fingerprint density at radius 3 is 2.44 bits per heavy atom. The summed E-state index contributed by atoms with van der Waals surface area (Å²) in [6, 6.07) is 2.92. The maximum atomic E-state index is 13.0. The first-order valence-corrected chi connectivity index (χ1v) is 7.78. The summed E-state index contributed by atoms with van der Waals surface area (Å²) in [6.45, 7) is 5.85. The molecule has 0 radical (unpaired) electrons. The maximum absolute atomic E-state index is 13.0. The molecule has 134 valence electrons. The molecule has 3 aromatic heterocycles. The summed E-state index contributed by atoms with van der Waals surface area (Å²) in [4.78, 5) is 0. The Morgan fingerprint density at radius 2 is 1.88 bits per heavy atom. The number of nitrogens with one attached hydrogen (secondary N) is 1. The molecule has 0 aliphatic heterocycles. The van der Waals surface area contributed by atoms with Crippen LogP contribution in [0.5, 0.6) is 0 Å². The fourth-order valence-corrected chi connectivity index (χ4v) is 2.89. The van der Waals surface area contributed by atoms with Crippen molar-refractivity contribution in [1.29, 1.82) is 0 Å². The lowest BCUT2D eigenvalue weighted by Crippen LogP contribution is -2.16. The number of anilines is 1. The number of halogens is 3. The van der Waals surface area contributed by atoms with Gasteiger partial charge in [0.1, 0.15) is 5.82 Å². The van der Waals surface area contributed by atoms with Crippen molar-refractivity contribution in [2.45, 2.75) is 39.4 Å². The Kier molecular flexibility index (Phi) is 4.13. The summed E-state index contributed by atoms with van der Waals surface area (Å²) < 4.78 is 41.5. The molecule has 3 aromatic rings. The Balaban J connectivity index is 1.98. The second-order valence-corrected chi connectivity index (χ2v) is 5.82. The van der Waals surface area contributed by atoms with E-state index in [9.17, 15) is 13.2 Å². The highest BCUT2D eigenvalue weighted by Gasteiger charge is 2.37. The standard InChI is InChI=1S/C15H18F3N7/c1-5-10(13-8(2)22-24(4)9(13)3)19-11-6-7-12-20-21-14(15(16,17)18)25(12)23-11/h6-7,10H,5H2,1-4H3,(H,19,23). The number of alkyl halides is 3. The molecule has 0 fully saturated rings. The molecule has 0 aliphatic carbocycles. The summed E-state index contributed by atoms with van der Waals surface area (Å²) in [5.74, 6) is -0.833. The van der Waals surface area contributed by atoms with E-state index in [1.165, 1.54) is 6.07 Å². The number of fused-ring (bicyclic) bond motifs is 1. The second kappa shape index (κ2) is 6.01. The van der Waals surface area contributed by atoms with Gasteiger partial charge < -0.3 is 5.32 Å². The minimum absolute atomic E-state index is 0.0414. The minimum atomic E-state index is -4.62. The van der Waals surface area contributed by atoms with E-state index in [1.807, 2.05) is 27.8 Å². The van der Waals surface area contributed by atoms with Gasteiger partial charge in [-0.2, -0.15) is 22.8 Å². The Labute approximate surface area is 141 Å². The van der Waals surface area contributed by atoms with Crippen molar-refractivity contribution >= 4 is 11.5 Å². The van der Waals surface area contributed by atoms with Crippen LogP contribution in [0.15, 0.2) is 12.1 Å². The monoisotopic (exact) mass is 353 g/mol. The van der Waals surface area contributed by atoms with Crippen molar-refractivity contribution in [2.75, 3.05) is 5.32 Å². The van der Waals surface area contributed by atoms with E-state index in [-0.39, 0.29) is 11.7 Å². The van der Waals surface area contributed by atoms with Gasteiger partial charge in [-0.1, -0.05) is 6.92 Å². The molecule has 1 unspecified atom stereocenters. The Hall–Kier alpha value is -2.65. The normalized spacial score (nSPS) is 13.4. The van der Waals surface area contributed by atoms with Gasteiger partial charge in [0.25, 0.3) is 5.82 Å². The number of rotatable bonds is 4. The number of hydrogen-bond acceptors (Lipinski definition) is 5. The Bertz CT molecular complexity index is 910. The number of aromatic nitrogens is 6. The van der Waals surface area contributed by atoms with Crippen LogP contribution >= 0.6 is 0 Å². The molecular formula is C15H18F3N7. The maximum Gasteiger partial charge on any atom is 0.453 e. The predicted molar refractivity (Wildman–Crippen MR) is 85.1 cm³/mol. The van der Waals surface area contributed by atoms with Crippen molar-refractivity contribution in [1.82, 2.24) is 29.6 Å². The van der Waals surface area contributed by atoms with Gasteiger partial charge in [-0.25, -0.2) is 0 Å². The molecule has 1 N–H and O–H groups in total. The lowest BCUT2D eigenvalue weighted by atomic mass is 10.0. The summed E-state index contributed by atoms with van der Waals surface area (Å²) in [7, 11) is 1.86. The molecule has 3 rings (SSSR count). The van der Waals surface area contributed by atoms with Gasteiger partial charge in [0.15, 0.2) is 5.65 Å². The van der Waals surface area contributed by atoms with Gasteiger partial charge in [0.05, 0.1) is 11.7 Å². The molecule has 3 heterocycles. The zero-order valence-electron chi connectivity index (χ0n) is 14.3. The van der Waals surface area contributed by atoms with Crippen molar-refractivity contribution in [3.63, 3.8) is 0 Å².